The quantitative estimate of drug-likeness (QED) is 0.454. The molecule has 3 heterocycles. The number of aromatic nitrogens is 4. The first-order valence-electron chi connectivity index (χ1n) is 9.76. The van der Waals surface area contributed by atoms with Crippen molar-refractivity contribution in [1.82, 2.24) is 24.6 Å². The van der Waals surface area contributed by atoms with Gasteiger partial charge in [-0.15, -0.1) is 21.5 Å². The van der Waals surface area contributed by atoms with E-state index in [1.165, 1.54) is 22.2 Å². The van der Waals surface area contributed by atoms with Gasteiger partial charge in [0.05, 0.1) is 23.1 Å². The van der Waals surface area contributed by atoms with E-state index in [0.29, 0.717) is 37.5 Å². The predicted octanol–water partition coefficient (Wildman–Crippen LogP) is 3.81. The Bertz CT molecular complexity index is 1350. The van der Waals surface area contributed by atoms with E-state index in [4.69, 9.17) is 16.0 Å². The summed E-state index contributed by atoms with van der Waals surface area (Å²) in [5.74, 6) is 0.593. The third kappa shape index (κ3) is 3.64. The lowest BCUT2D eigenvalue weighted by Crippen LogP contribution is -2.32. The molecule has 0 aliphatic heterocycles. The van der Waals surface area contributed by atoms with Gasteiger partial charge < -0.3 is 13.9 Å². The van der Waals surface area contributed by atoms with Gasteiger partial charge in [-0.1, -0.05) is 11.6 Å². The smallest absolute Gasteiger partial charge is 0.265 e. The van der Waals surface area contributed by atoms with Crippen LogP contribution < -0.4 is 5.56 Å². The summed E-state index contributed by atoms with van der Waals surface area (Å²) in [6.45, 7) is 2.01. The molecule has 0 unspecified atom stereocenters. The number of carbonyl (C=O) groups excluding carboxylic acids is 1. The van der Waals surface area contributed by atoms with Gasteiger partial charge in [0.25, 0.3) is 11.5 Å². The fourth-order valence-electron chi connectivity index (χ4n) is 3.47. The molecule has 1 fully saturated rings. The topological polar surface area (TPSA) is 94.1 Å². The number of hydrogen-bond acceptors (Lipinski definition) is 7. The van der Waals surface area contributed by atoms with Crippen molar-refractivity contribution in [2.45, 2.75) is 32.4 Å². The molecule has 0 atom stereocenters. The summed E-state index contributed by atoms with van der Waals surface area (Å²) in [5, 5.41) is 9.35. The van der Waals surface area contributed by atoms with Crippen LogP contribution in [0.25, 0.3) is 21.7 Å². The third-order valence-electron chi connectivity index (χ3n) is 5.32. The second-order valence-electron chi connectivity index (χ2n) is 7.57. The van der Waals surface area contributed by atoms with Crippen molar-refractivity contribution in [1.29, 1.82) is 0 Å². The van der Waals surface area contributed by atoms with Crippen molar-refractivity contribution < 1.29 is 9.21 Å². The van der Waals surface area contributed by atoms with E-state index in [2.05, 4.69) is 15.2 Å². The van der Waals surface area contributed by atoms with Crippen LogP contribution in [0.1, 0.15) is 34.0 Å². The number of carbonyl (C=O) groups is 1. The average Bonchev–Trinajstić information content (AvgIpc) is 3.40. The van der Waals surface area contributed by atoms with Crippen LogP contribution in [0.4, 0.5) is 0 Å². The molecule has 1 aliphatic rings. The number of hydrogen-bond donors (Lipinski definition) is 0. The maximum Gasteiger partial charge on any atom is 0.265 e. The van der Waals surface area contributed by atoms with Gasteiger partial charge in [0, 0.05) is 23.7 Å². The standard InChI is InChI=1S/C21H18ClN5O3S/c1-11-16-19(23-10-26(2)20(16)28)31-17(11)21(29)27(14-7-8-14)9-15-24-25-18(30-15)12-3-5-13(22)6-4-12/h3-6,10,14H,7-9H2,1-2H3. The minimum Gasteiger partial charge on any atom is -0.419 e. The lowest BCUT2D eigenvalue weighted by atomic mass is 10.2. The highest BCUT2D eigenvalue weighted by molar-refractivity contribution is 7.20. The van der Waals surface area contributed by atoms with Crippen LogP contribution in [0.3, 0.4) is 0 Å². The third-order valence-corrected chi connectivity index (χ3v) is 6.76. The first-order valence-corrected chi connectivity index (χ1v) is 11.0. The van der Waals surface area contributed by atoms with E-state index in [9.17, 15) is 9.59 Å². The van der Waals surface area contributed by atoms with Crippen molar-refractivity contribution in [2.24, 2.45) is 7.05 Å². The first-order chi connectivity index (χ1) is 14.9. The summed E-state index contributed by atoms with van der Waals surface area (Å²) in [5.41, 5.74) is 1.27. The maximum absolute atomic E-state index is 13.4. The van der Waals surface area contributed by atoms with E-state index < -0.39 is 0 Å². The van der Waals surface area contributed by atoms with Crippen molar-refractivity contribution in [3.8, 4) is 11.5 Å². The minimum absolute atomic E-state index is 0.124. The van der Waals surface area contributed by atoms with Crippen LogP contribution in [-0.4, -0.2) is 36.6 Å². The molecule has 1 aliphatic carbocycles. The number of aryl methyl sites for hydroxylation is 2. The van der Waals surface area contributed by atoms with Gasteiger partial charge in [0.1, 0.15) is 4.83 Å². The Balaban J connectivity index is 1.45. The molecule has 0 bridgehead atoms. The lowest BCUT2D eigenvalue weighted by Gasteiger charge is -2.20. The summed E-state index contributed by atoms with van der Waals surface area (Å²) < 4.78 is 7.23. The number of fused-ring (bicyclic) bond motifs is 1. The fraction of sp³-hybridized carbons (Fsp3) is 0.286. The van der Waals surface area contributed by atoms with E-state index in [-0.39, 0.29) is 24.1 Å². The van der Waals surface area contributed by atoms with Crippen LogP contribution in [0.2, 0.25) is 5.02 Å². The molecular weight excluding hydrogens is 438 g/mol. The van der Waals surface area contributed by atoms with Gasteiger partial charge in [-0.3, -0.25) is 9.59 Å². The largest absolute Gasteiger partial charge is 0.419 e. The number of amides is 1. The molecule has 8 nitrogen and oxygen atoms in total. The van der Waals surface area contributed by atoms with Crippen LogP contribution in [-0.2, 0) is 13.6 Å². The Labute approximate surface area is 186 Å². The number of rotatable bonds is 5. The van der Waals surface area contributed by atoms with Crippen LogP contribution in [0, 0.1) is 6.92 Å². The first kappa shape index (κ1) is 19.9. The molecule has 1 amide bonds. The number of benzene rings is 1. The molecular formula is C21H18ClN5O3S. The second-order valence-corrected chi connectivity index (χ2v) is 9.00. The zero-order valence-electron chi connectivity index (χ0n) is 16.8. The predicted molar refractivity (Wildman–Crippen MR) is 117 cm³/mol. The van der Waals surface area contributed by atoms with Gasteiger partial charge in [-0.25, -0.2) is 4.98 Å². The van der Waals surface area contributed by atoms with Gasteiger partial charge in [0.2, 0.25) is 11.8 Å². The van der Waals surface area contributed by atoms with Crippen molar-refractivity contribution >= 4 is 39.1 Å². The number of halogens is 1. The minimum atomic E-state index is -0.153. The number of nitrogens with zero attached hydrogens (tertiary/aromatic N) is 5. The zero-order valence-corrected chi connectivity index (χ0v) is 18.4. The molecule has 1 saturated carbocycles. The van der Waals surface area contributed by atoms with Crippen LogP contribution in [0.5, 0.6) is 0 Å². The molecule has 0 spiro atoms. The maximum atomic E-state index is 13.4. The van der Waals surface area contributed by atoms with E-state index in [1.807, 2.05) is 0 Å². The highest BCUT2D eigenvalue weighted by Crippen LogP contribution is 2.34. The molecule has 4 aromatic rings. The zero-order chi connectivity index (χ0) is 21.7. The Morgan fingerprint density at radius 1 is 1.29 bits per heavy atom. The summed E-state index contributed by atoms with van der Waals surface area (Å²) in [6, 6.07) is 7.24. The average molecular weight is 456 g/mol. The Morgan fingerprint density at radius 2 is 2.03 bits per heavy atom. The van der Waals surface area contributed by atoms with Gasteiger partial charge in [0.15, 0.2) is 0 Å². The lowest BCUT2D eigenvalue weighted by molar-refractivity contribution is 0.0719. The fourth-order valence-corrected chi connectivity index (χ4v) is 4.69. The van der Waals surface area contributed by atoms with E-state index in [0.717, 1.165) is 18.4 Å². The normalized spacial score (nSPS) is 13.6. The van der Waals surface area contributed by atoms with Gasteiger partial charge >= 0.3 is 0 Å². The van der Waals surface area contributed by atoms with Crippen molar-refractivity contribution in [3.63, 3.8) is 0 Å². The van der Waals surface area contributed by atoms with Crippen LogP contribution >= 0.6 is 22.9 Å². The van der Waals surface area contributed by atoms with Crippen molar-refractivity contribution in [2.75, 3.05) is 0 Å². The molecule has 0 radical (unpaired) electrons. The number of thiophene rings is 1. The summed E-state index contributed by atoms with van der Waals surface area (Å²) in [6.07, 6.45) is 3.33. The summed E-state index contributed by atoms with van der Waals surface area (Å²) in [7, 11) is 1.65. The Morgan fingerprint density at radius 3 is 2.74 bits per heavy atom. The molecule has 1 aromatic carbocycles. The Hall–Kier alpha value is -3.04. The molecule has 158 valence electrons. The second kappa shape index (κ2) is 7.58. The molecule has 0 saturated heterocycles. The van der Waals surface area contributed by atoms with E-state index in [1.54, 1.807) is 43.1 Å². The Kier molecular flexibility index (Phi) is 4.86. The molecule has 0 N–H and O–H groups in total. The summed E-state index contributed by atoms with van der Waals surface area (Å²) >= 11 is 7.18. The van der Waals surface area contributed by atoms with Crippen LogP contribution in [0.15, 0.2) is 39.8 Å². The highest BCUT2D eigenvalue weighted by atomic mass is 35.5. The molecule has 3 aromatic heterocycles. The highest BCUT2D eigenvalue weighted by Gasteiger charge is 2.36. The molecule has 31 heavy (non-hydrogen) atoms. The van der Waals surface area contributed by atoms with Gasteiger partial charge in [-0.2, -0.15) is 0 Å². The monoisotopic (exact) mass is 455 g/mol. The van der Waals surface area contributed by atoms with E-state index >= 15 is 0 Å². The molecule has 10 heteroatoms. The summed E-state index contributed by atoms with van der Waals surface area (Å²) in [4.78, 5) is 33.1. The SMILES string of the molecule is Cc1c(C(=O)N(Cc2nnc(-c3ccc(Cl)cc3)o2)C2CC2)sc2ncn(C)c(=O)c12. The molecule has 5 rings (SSSR count). The van der Waals surface area contributed by atoms with Gasteiger partial charge in [-0.05, 0) is 49.6 Å². The van der Waals surface area contributed by atoms with Crippen molar-refractivity contribution in [3.05, 3.63) is 62.3 Å².